The van der Waals surface area contributed by atoms with E-state index in [2.05, 4.69) is 21.0 Å². The van der Waals surface area contributed by atoms with Crippen LogP contribution in [0.25, 0.3) is 0 Å². The zero-order valence-electron chi connectivity index (χ0n) is 11.4. The van der Waals surface area contributed by atoms with E-state index in [1.165, 1.54) is 6.20 Å². The summed E-state index contributed by atoms with van der Waals surface area (Å²) in [4.78, 5) is 13.9. The van der Waals surface area contributed by atoms with Crippen molar-refractivity contribution >= 4 is 21.6 Å². The molecule has 0 radical (unpaired) electrons. The van der Waals surface area contributed by atoms with Crippen molar-refractivity contribution in [2.75, 3.05) is 11.4 Å². The molecule has 2 N–H and O–H groups in total. The first kappa shape index (κ1) is 16.3. The van der Waals surface area contributed by atoms with Crippen LogP contribution >= 0.6 is 15.9 Å². The Kier molecular flexibility index (Phi) is 4.62. The van der Waals surface area contributed by atoms with Crippen molar-refractivity contribution in [3.63, 3.8) is 0 Å². The molecule has 2 rings (SSSR count). The van der Waals surface area contributed by atoms with Gasteiger partial charge in [-0.25, -0.2) is 4.68 Å². The summed E-state index contributed by atoms with van der Waals surface area (Å²) in [6.45, 7) is 1.21. The molecule has 0 saturated carbocycles. The van der Waals surface area contributed by atoms with Crippen LogP contribution in [-0.2, 0) is 6.54 Å². The number of hydrogen-bond acceptors (Lipinski definition) is 4. The average Bonchev–Trinajstić information content (AvgIpc) is 2.35. The predicted octanol–water partition coefficient (Wildman–Crippen LogP) is 1.88. The van der Waals surface area contributed by atoms with Crippen molar-refractivity contribution in [1.29, 1.82) is 0 Å². The lowest BCUT2D eigenvalue weighted by Crippen LogP contribution is -2.46. The maximum atomic E-state index is 12.4. The van der Waals surface area contributed by atoms with Crippen LogP contribution < -0.4 is 16.2 Å². The SMILES string of the molecule is CC1CC(N)CCN1c1cnn(CC(F)(F)F)c(=O)c1Br. The number of nitrogens with two attached hydrogens (primary N) is 1. The molecule has 2 heterocycles. The Morgan fingerprint density at radius 1 is 1.52 bits per heavy atom. The minimum absolute atomic E-state index is 0.101. The molecule has 1 aliphatic rings. The van der Waals surface area contributed by atoms with Crippen molar-refractivity contribution in [2.45, 2.75) is 44.6 Å². The smallest absolute Gasteiger partial charge is 0.366 e. The van der Waals surface area contributed by atoms with Crippen LogP contribution in [-0.4, -0.2) is 34.6 Å². The van der Waals surface area contributed by atoms with Crippen molar-refractivity contribution in [3.05, 3.63) is 21.0 Å². The first-order chi connectivity index (χ1) is 9.69. The van der Waals surface area contributed by atoms with Crippen molar-refractivity contribution in [1.82, 2.24) is 9.78 Å². The molecule has 0 aliphatic carbocycles. The summed E-state index contributed by atoms with van der Waals surface area (Å²) in [5, 5.41) is 3.63. The second kappa shape index (κ2) is 5.96. The van der Waals surface area contributed by atoms with Gasteiger partial charge >= 0.3 is 6.18 Å². The minimum Gasteiger partial charge on any atom is -0.366 e. The molecule has 2 atom stereocenters. The van der Waals surface area contributed by atoms with E-state index in [0.717, 1.165) is 12.8 Å². The standard InChI is InChI=1S/C12H16BrF3N4O/c1-7-4-8(17)2-3-19(7)9-5-18-20(6-12(14,15)16)11(21)10(9)13/h5,7-8H,2-4,6,17H2,1H3. The molecule has 0 spiro atoms. The molecule has 1 fully saturated rings. The van der Waals surface area contributed by atoms with E-state index >= 15 is 0 Å². The van der Waals surface area contributed by atoms with Gasteiger partial charge in [-0.1, -0.05) is 0 Å². The van der Waals surface area contributed by atoms with Gasteiger partial charge < -0.3 is 10.6 Å². The van der Waals surface area contributed by atoms with Gasteiger partial charge in [0.1, 0.15) is 11.0 Å². The van der Waals surface area contributed by atoms with Crippen molar-refractivity contribution < 1.29 is 13.2 Å². The Hall–Kier alpha value is -1.09. The molecule has 21 heavy (non-hydrogen) atoms. The number of anilines is 1. The molecule has 118 valence electrons. The summed E-state index contributed by atoms with van der Waals surface area (Å²) in [6.07, 6.45) is -1.66. The molecule has 1 aromatic heterocycles. The molecule has 0 bridgehead atoms. The van der Waals surface area contributed by atoms with E-state index < -0.39 is 18.3 Å². The highest BCUT2D eigenvalue weighted by Crippen LogP contribution is 2.28. The van der Waals surface area contributed by atoms with Crippen LogP contribution in [0.3, 0.4) is 0 Å². The van der Waals surface area contributed by atoms with Crippen molar-refractivity contribution in [3.8, 4) is 0 Å². The maximum Gasteiger partial charge on any atom is 0.408 e. The molecule has 5 nitrogen and oxygen atoms in total. The third-order valence-electron chi connectivity index (χ3n) is 3.52. The van der Waals surface area contributed by atoms with Crippen LogP contribution in [0.5, 0.6) is 0 Å². The van der Waals surface area contributed by atoms with E-state index in [1.807, 2.05) is 11.8 Å². The first-order valence-electron chi connectivity index (χ1n) is 6.53. The van der Waals surface area contributed by atoms with Gasteiger partial charge in [0.15, 0.2) is 0 Å². The molecule has 0 amide bonds. The number of halogens is 4. The highest BCUT2D eigenvalue weighted by molar-refractivity contribution is 9.10. The van der Waals surface area contributed by atoms with Crippen molar-refractivity contribution in [2.24, 2.45) is 5.73 Å². The van der Waals surface area contributed by atoms with E-state index in [4.69, 9.17) is 5.73 Å². The number of nitrogens with zero attached hydrogens (tertiary/aromatic N) is 3. The summed E-state index contributed by atoms with van der Waals surface area (Å²) in [7, 11) is 0. The molecule has 0 aromatic carbocycles. The Morgan fingerprint density at radius 3 is 2.76 bits per heavy atom. The summed E-state index contributed by atoms with van der Waals surface area (Å²) in [5.41, 5.74) is 5.61. The van der Waals surface area contributed by atoms with Crippen LogP contribution in [0.2, 0.25) is 0 Å². The van der Waals surface area contributed by atoms with Gasteiger partial charge in [0.05, 0.1) is 11.9 Å². The van der Waals surface area contributed by atoms with Gasteiger partial charge in [-0.15, -0.1) is 0 Å². The largest absolute Gasteiger partial charge is 0.408 e. The molecular weight excluding hydrogens is 353 g/mol. The van der Waals surface area contributed by atoms with Gasteiger partial charge in [-0.05, 0) is 35.7 Å². The molecule has 1 aromatic rings. The molecule has 2 unspecified atom stereocenters. The normalized spacial score (nSPS) is 23.4. The summed E-state index contributed by atoms with van der Waals surface area (Å²) >= 11 is 3.10. The highest BCUT2D eigenvalue weighted by Gasteiger charge is 2.31. The number of piperidine rings is 1. The second-order valence-electron chi connectivity index (χ2n) is 5.25. The van der Waals surface area contributed by atoms with Gasteiger partial charge in [-0.2, -0.15) is 18.3 Å². The molecule has 1 saturated heterocycles. The van der Waals surface area contributed by atoms with Crippen LogP contribution in [0.15, 0.2) is 15.5 Å². The third-order valence-corrected chi connectivity index (χ3v) is 4.27. The second-order valence-corrected chi connectivity index (χ2v) is 6.04. The Labute approximate surface area is 128 Å². The van der Waals surface area contributed by atoms with Crippen LogP contribution in [0, 0.1) is 0 Å². The minimum atomic E-state index is -4.48. The van der Waals surface area contributed by atoms with Gasteiger partial charge in [-0.3, -0.25) is 4.79 Å². The monoisotopic (exact) mass is 368 g/mol. The Balaban J connectivity index is 2.31. The Bertz CT molecular complexity index is 575. The topological polar surface area (TPSA) is 64.2 Å². The number of aromatic nitrogens is 2. The third kappa shape index (κ3) is 3.76. The highest BCUT2D eigenvalue weighted by atomic mass is 79.9. The van der Waals surface area contributed by atoms with Crippen LogP contribution in [0.1, 0.15) is 19.8 Å². The zero-order chi connectivity index (χ0) is 15.8. The Morgan fingerprint density at radius 2 is 2.19 bits per heavy atom. The zero-order valence-corrected chi connectivity index (χ0v) is 13.0. The van der Waals surface area contributed by atoms with Gasteiger partial charge in [0, 0.05) is 18.6 Å². The average molecular weight is 369 g/mol. The summed E-state index contributed by atoms with van der Waals surface area (Å²) < 4.78 is 37.6. The fourth-order valence-electron chi connectivity index (χ4n) is 2.51. The predicted molar refractivity (Wildman–Crippen MR) is 76.3 cm³/mol. The fourth-order valence-corrected chi connectivity index (χ4v) is 3.04. The fraction of sp³-hybridized carbons (Fsp3) is 0.667. The molecule has 1 aliphatic heterocycles. The maximum absolute atomic E-state index is 12.4. The first-order valence-corrected chi connectivity index (χ1v) is 7.33. The lowest BCUT2D eigenvalue weighted by Gasteiger charge is -2.38. The quantitative estimate of drug-likeness (QED) is 0.865. The lowest BCUT2D eigenvalue weighted by atomic mass is 9.99. The number of hydrogen-bond donors (Lipinski definition) is 1. The number of rotatable bonds is 2. The van der Waals surface area contributed by atoms with E-state index in [9.17, 15) is 18.0 Å². The molecular formula is C12H16BrF3N4O. The summed E-state index contributed by atoms with van der Waals surface area (Å²) in [5.74, 6) is 0. The molecule has 9 heteroatoms. The van der Waals surface area contributed by atoms with E-state index in [0.29, 0.717) is 16.9 Å². The van der Waals surface area contributed by atoms with E-state index in [-0.39, 0.29) is 16.6 Å². The van der Waals surface area contributed by atoms with E-state index in [1.54, 1.807) is 0 Å². The lowest BCUT2D eigenvalue weighted by molar-refractivity contribution is -0.143. The van der Waals surface area contributed by atoms with Gasteiger partial charge in [0.25, 0.3) is 5.56 Å². The van der Waals surface area contributed by atoms with Crippen LogP contribution in [0.4, 0.5) is 18.9 Å². The number of alkyl halides is 3. The van der Waals surface area contributed by atoms with Gasteiger partial charge in [0.2, 0.25) is 0 Å². The summed E-state index contributed by atoms with van der Waals surface area (Å²) in [6, 6.07) is 0.207.